The van der Waals surface area contributed by atoms with Gasteiger partial charge in [-0.25, -0.2) is 4.79 Å². The summed E-state index contributed by atoms with van der Waals surface area (Å²) in [7, 11) is -0.119. The van der Waals surface area contributed by atoms with Gasteiger partial charge in [0.05, 0.1) is 13.2 Å². The molecule has 0 aliphatic carbocycles. The zero-order chi connectivity index (χ0) is 26.2. The number of ether oxygens (including phenoxy) is 2. The fraction of sp³-hybridized carbons (Fsp3) is 0.704. The molecule has 6 nitrogen and oxygen atoms in total. The Balaban J connectivity index is 2.70. The van der Waals surface area contributed by atoms with Crippen LogP contribution in [-0.2, 0) is 14.0 Å². The van der Waals surface area contributed by atoms with Crippen LogP contribution in [0.5, 0.6) is 5.75 Å². The summed E-state index contributed by atoms with van der Waals surface area (Å²) >= 11 is 0. The number of Topliss-reactive ketones (excluding diaryl/α,β-unsaturated/α-hetero) is 1. The molecule has 1 aromatic carbocycles. The van der Waals surface area contributed by atoms with Gasteiger partial charge in [-0.05, 0) is 69.4 Å². The summed E-state index contributed by atoms with van der Waals surface area (Å²) in [5, 5.41) is 3.12. The number of nitrogens with one attached hydrogen (secondary N) is 1. The quantitative estimate of drug-likeness (QED) is 0.249. The monoisotopic (exact) mass is 493 g/mol. The second-order valence-corrected chi connectivity index (χ2v) is 16.4. The molecule has 0 saturated carbocycles. The smallest absolute Gasteiger partial charge is 0.408 e. The number of carbonyl (C=O) groups is 2. The van der Waals surface area contributed by atoms with Crippen molar-refractivity contribution < 1.29 is 23.5 Å². The Morgan fingerprint density at radius 2 is 1.56 bits per heavy atom. The molecule has 2 atom stereocenters. The van der Waals surface area contributed by atoms with E-state index in [1.807, 2.05) is 52.0 Å². The standard InChI is InChI=1S/C27H47NO5Si/c1-20(23(29)14-12-11-13-19-32-34(9,10)27(5,6)7)24(28-25(30)33-26(2,3)4)21-15-17-22(31-8)18-16-21/h15-18,20,24H,11-14,19H2,1-10H3,(H,28,30)/t20-,24+/m1/s1. The van der Waals surface area contributed by atoms with Crippen LogP contribution in [0.15, 0.2) is 24.3 Å². The van der Waals surface area contributed by atoms with E-state index in [1.54, 1.807) is 7.11 Å². The van der Waals surface area contributed by atoms with Gasteiger partial charge in [0.15, 0.2) is 8.32 Å². The van der Waals surface area contributed by atoms with Crippen molar-refractivity contribution in [2.45, 2.75) is 104 Å². The highest BCUT2D eigenvalue weighted by molar-refractivity contribution is 6.74. The van der Waals surface area contributed by atoms with Crippen LogP contribution in [0.2, 0.25) is 18.1 Å². The molecule has 7 heteroatoms. The Kier molecular flexibility index (Phi) is 11.3. The topological polar surface area (TPSA) is 73.9 Å². The van der Waals surface area contributed by atoms with Gasteiger partial charge >= 0.3 is 6.09 Å². The fourth-order valence-electron chi connectivity index (χ4n) is 3.28. The zero-order valence-corrected chi connectivity index (χ0v) is 24.0. The molecule has 1 amide bonds. The Morgan fingerprint density at radius 3 is 2.06 bits per heavy atom. The summed E-state index contributed by atoms with van der Waals surface area (Å²) < 4.78 is 16.9. The van der Waals surface area contributed by atoms with Crippen LogP contribution in [0.4, 0.5) is 4.79 Å². The lowest BCUT2D eigenvalue weighted by Crippen LogP contribution is -2.40. The van der Waals surface area contributed by atoms with Crippen LogP contribution in [0.25, 0.3) is 0 Å². The van der Waals surface area contributed by atoms with Crippen molar-refractivity contribution in [1.82, 2.24) is 5.32 Å². The third-order valence-electron chi connectivity index (χ3n) is 6.49. The van der Waals surface area contributed by atoms with Crippen molar-refractivity contribution in [3.8, 4) is 5.75 Å². The largest absolute Gasteiger partial charge is 0.497 e. The highest BCUT2D eigenvalue weighted by atomic mass is 28.4. The Labute approximate surface area is 208 Å². The predicted octanol–water partition coefficient (Wildman–Crippen LogP) is 7.05. The zero-order valence-electron chi connectivity index (χ0n) is 23.0. The highest BCUT2D eigenvalue weighted by Crippen LogP contribution is 2.36. The predicted molar refractivity (Wildman–Crippen MR) is 141 cm³/mol. The molecule has 0 spiro atoms. The molecule has 0 fully saturated rings. The number of ketones is 1. The maximum atomic E-state index is 13.0. The highest BCUT2D eigenvalue weighted by Gasteiger charge is 2.36. The first-order valence-corrected chi connectivity index (χ1v) is 15.3. The minimum atomic E-state index is -1.73. The summed E-state index contributed by atoms with van der Waals surface area (Å²) in [6.45, 7) is 19.3. The number of alkyl carbamates (subject to hydrolysis) is 1. The minimum Gasteiger partial charge on any atom is -0.497 e. The van der Waals surface area contributed by atoms with Crippen LogP contribution in [0.1, 0.15) is 85.8 Å². The first kappa shape index (κ1) is 30.2. The summed E-state index contributed by atoms with van der Waals surface area (Å²) in [6, 6.07) is 6.94. The van der Waals surface area contributed by atoms with Crippen molar-refractivity contribution >= 4 is 20.2 Å². The Morgan fingerprint density at radius 1 is 0.971 bits per heavy atom. The summed E-state index contributed by atoms with van der Waals surface area (Å²) in [5.41, 5.74) is 0.226. The maximum absolute atomic E-state index is 13.0. The number of unbranched alkanes of at least 4 members (excludes halogenated alkanes) is 2. The van der Waals surface area contributed by atoms with Gasteiger partial charge in [-0.1, -0.05) is 46.2 Å². The van der Waals surface area contributed by atoms with Crippen molar-refractivity contribution in [1.29, 1.82) is 0 Å². The van der Waals surface area contributed by atoms with Gasteiger partial charge in [0.2, 0.25) is 0 Å². The number of rotatable bonds is 12. The molecule has 0 saturated heterocycles. The summed E-state index contributed by atoms with van der Waals surface area (Å²) in [6.07, 6.45) is 2.65. The van der Waals surface area contributed by atoms with E-state index in [9.17, 15) is 9.59 Å². The minimum absolute atomic E-state index is 0.127. The number of methoxy groups -OCH3 is 1. The van der Waals surface area contributed by atoms with Crippen LogP contribution < -0.4 is 10.1 Å². The number of carbonyl (C=O) groups excluding carboxylic acids is 2. The number of amides is 1. The van der Waals surface area contributed by atoms with Crippen molar-refractivity contribution in [3.05, 3.63) is 29.8 Å². The van der Waals surface area contributed by atoms with Crippen LogP contribution in [0.3, 0.4) is 0 Å². The van der Waals surface area contributed by atoms with E-state index in [0.717, 1.165) is 37.2 Å². The summed E-state index contributed by atoms with van der Waals surface area (Å²) in [5.74, 6) is 0.463. The van der Waals surface area contributed by atoms with Crippen LogP contribution >= 0.6 is 0 Å². The lowest BCUT2D eigenvalue weighted by molar-refractivity contribution is -0.123. The van der Waals surface area contributed by atoms with Gasteiger partial charge in [-0.2, -0.15) is 0 Å². The SMILES string of the molecule is COc1ccc([C@@H](NC(=O)OC(C)(C)C)[C@H](C)C(=O)CCCCCO[Si](C)(C)C(C)(C)C)cc1. The van der Waals surface area contributed by atoms with Crippen molar-refractivity contribution in [3.63, 3.8) is 0 Å². The van der Waals surface area contributed by atoms with E-state index < -0.39 is 26.1 Å². The number of hydrogen-bond acceptors (Lipinski definition) is 5. The van der Waals surface area contributed by atoms with E-state index in [2.05, 4.69) is 39.2 Å². The van der Waals surface area contributed by atoms with Gasteiger partial charge in [-0.3, -0.25) is 4.79 Å². The van der Waals surface area contributed by atoms with Gasteiger partial charge in [-0.15, -0.1) is 0 Å². The van der Waals surface area contributed by atoms with Crippen LogP contribution in [-0.4, -0.2) is 39.5 Å². The lowest BCUT2D eigenvalue weighted by Gasteiger charge is -2.36. The van der Waals surface area contributed by atoms with E-state index in [0.29, 0.717) is 6.42 Å². The van der Waals surface area contributed by atoms with E-state index in [1.165, 1.54) is 0 Å². The molecule has 1 rings (SSSR count). The van der Waals surface area contributed by atoms with Crippen molar-refractivity contribution in [2.75, 3.05) is 13.7 Å². The lowest BCUT2D eigenvalue weighted by atomic mass is 9.89. The van der Waals surface area contributed by atoms with Crippen molar-refractivity contribution in [2.24, 2.45) is 5.92 Å². The van der Waals surface area contributed by atoms with Gasteiger partial charge in [0.25, 0.3) is 0 Å². The molecule has 0 aromatic heterocycles. The Bertz CT molecular complexity index is 778. The second-order valence-electron chi connectivity index (χ2n) is 11.6. The molecule has 0 bridgehead atoms. The fourth-order valence-corrected chi connectivity index (χ4v) is 4.37. The molecule has 0 aliphatic heterocycles. The molecule has 0 heterocycles. The molecule has 0 radical (unpaired) electrons. The molecular weight excluding hydrogens is 446 g/mol. The number of hydrogen-bond donors (Lipinski definition) is 1. The van der Waals surface area contributed by atoms with Gasteiger partial charge in [0.1, 0.15) is 17.1 Å². The first-order valence-electron chi connectivity index (χ1n) is 12.4. The molecule has 34 heavy (non-hydrogen) atoms. The second kappa shape index (κ2) is 12.7. The summed E-state index contributed by atoms with van der Waals surface area (Å²) in [4.78, 5) is 25.5. The van der Waals surface area contributed by atoms with Gasteiger partial charge < -0.3 is 19.2 Å². The molecular formula is C27H47NO5Si. The van der Waals surface area contributed by atoms with Gasteiger partial charge in [0, 0.05) is 18.9 Å². The molecule has 0 unspecified atom stereocenters. The number of benzene rings is 1. The third kappa shape index (κ3) is 10.2. The Hall–Kier alpha value is -1.86. The van der Waals surface area contributed by atoms with Crippen LogP contribution in [0, 0.1) is 5.92 Å². The molecule has 1 aromatic rings. The maximum Gasteiger partial charge on any atom is 0.408 e. The van der Waals surface area contributed by atoms with E-state index in [4.69, 9.17) is 13.9 Å². The average Bonchev–Trinajstić information content (AvgIpc) is 2.71. The molecule has 0 aliphatic rings. The van der Waals surface area contributed by atoms with E-state index >= 15 is 0 Å². The van der Waals surface area contributed by atoms with E-state index in [-0.39, 0.29) is 16.7 Å². The first-order chi connectivity index (χ1) is 15.6. The normalized spacial score (nSPS) is 14.3. The average molecular weight is 494 g/mol. The molecule has 1 N–H and O–H groups in total. The molecule has 194 valence electrons. The third-order valence-corrected chi connectivity index (χ3v) is 11.0.